The molecule has 0 atom stereocenters. The largest absolute Gasteiger partial charge is 0.481 e. The Morgan fingerprint density at radius 1 is 1.13 bits per heavy atom. The van der Waals surface area contributed by atoms with Crippen molar-refractivity contribution in [3.63, 3.8) is 0 Å². The molecular weight excluding hydrogens is 312 g/mol. The van der Waals surface area contributed by atoms with Gasteiger partial charge < -0.3 is 10.4 Å². The van der Waals surface area contributed by atoms with Crippen LogP contribution >= 0.6 is 11.3 Å². The molecule has 2 N–H and O–H groups in total. The predicted molar refractivity (Wildman–Crippen MR) is 89.8 cm³/mol. The number of aliphatic carboxylic acids is 1. The van der Waals surface area contributed by atoms with Gasteiger partial charge in [0.1, 0.15) is 5.69 Å². The first-order valence-electron chi connectivity index (χ1n) is 7.63. The number of rotatable bonds is 9. The Bertz CT molecular complexity index is 640. The number of carboxylic acids is 1. The second-order valence-electron chi connectivity index (χ2n) is 5.25. The van der Waals surface area contributed by atoms with E-state index in [4.69, 9.17) is 5.11 Å². The van der Waals surface area contributed by atoms with E-state index in [0.717, 1.165) is 24.3 Å². The Labute approximate surface area is 139 Å². The second kappa shape index (κ2) is 9.05. The zero-order valence-corrected chi connectivity index (χ0v) is 13.6. The smallest absolute Gasteiger partial charge is 0.303 e. The van der Waals surface area contributed by atoms with Crippen LogP contribution in [0.5, 0.6) is 0 Å². The van der Waals surface area contributed by atoms with Gasteiger partial charge in [0.05, 0.1) is 5.01 Å². The predicted octanol–water partition coefficient (Wildman–Crippen LogP) is 3.11. The van der Waals surface area contributed by atoms with Crippen molar-refractivity contribution in [2.75, 3.05) is 6.54 Å². The maximum atomic E-state index is 12.0. The van der Waals surface area contributed by atoms with Gasteiger partial charge in [-0.05, 0) is 18.4 Å². The van der Waals surface area contributed by atoms with Gasteiger partial charge in [0, 0.05) is 24.8 Å². The summed E-state index contributed by atoms with van der Waals surface area (Å²) in [6, 6.07) is 10.0. The quantitative estimate of drug-likeness (QED) is 0.692. The van der Waals surface area contributed by atoms with E-state index in [9.17, 15) is 9.59 Å². The summed E-state index contributed by atoms with van der Waals surface area (Å²) in [4.78, 5) is 26.7. The van der Waals surface area contributed by atoms with Gasteiger partial charge in [0.2, 0.25) is 0 Å². The average Bonchev–Trinajstić information content (AvgIpc) is 3.00. The lowest BCUT2D eigenvalue weighted by Crippen LogP contribution is -2.24. The number of thiazole rings is 1. The minimum atomic E-state index is -0.776. The van der Waals surface area contributed by atoms with Gasteiger partial charge in [0.15, 0.2) is 0 Å². The molecule has 0 aliphatic heterocycles. The van der Waals surface area contributed by atoms with Crippen molar-refractivity contribution in [3.05, 3.63) is 52.0 Å². The van der Waals surface area contributed by atoms with Gasteiger partial charge in [-0.2, -0.15) is 0 Å². The number of hydrogen-bond acceptors (Lipinski definition) is 4. The summed E-state index contributed by atoms with van der Waals surface area (Å²) in [5.74, 6) is -0.943. The zero-order chi connectivity index (χ0) is 16.5. The summed E-state index contributed by atoms with van der Waals surface area (Å²) in [5.41, 5.74) is 1.62. The first-order valence-corrected chi connectivity index (χ1v) is 8.51. The molecule has 0 bridgehead atoms. The van der Waals surface area contributed by atoms with E-state index in [1.165, 1.54) is 16.9 Å². The van der Waals surface area contributed by atoms with Crippen molar-refractivity contribution in [1.82, 2.24) is 10.3 Å². The zero-order valence-electron chi connectivity index (χ0n) is 12.8. The van der Waals surface area contributed by atoms with E-state index < -0.39 is 5.97 Å². The standard InChI is InChI=1S/C17H20N2O3S/c20-16(21)9-5-2-6-10-18-17(22)14-12-23-15(19-14)11-13-7-3-1-4-8-13/h1,3-4,7-8,12H,2,5-6,9-11H2,(H,18,22)(H,20,21). The number of carbonyl (C=O) groups excluding carboxylic acids is 1. The van der Waals surface area contributed by atoms with Gasteiger partial charge in [-0.1, -0.05) is 36.8 Å². The van der Waals surface area contributed by atoms with Gasteiger partial charge in [-0.3, -0.25) is 9.59 Å². The number of aromatic nitrogens is 1. The lowest BCUT2D eigenvalue weighted by molar-refractivity contribution is -0.137. The highest BCUT2D eigenvalue weighted by Crippen LogP contribution is 2.14. The molecule has 1 amide bonds. The highest BCUT2D eigenvalue weighted by molar-refractivity contribution is 7.09. The molecule has 0 radical (unpaired) electrons. The van der Waals surface area contributed by atoms with Crippen molar-refractivity contribution in [2.24, 2.45) is 0 Å². The summed E-state index contributed by atoms with van der Waals surface area (Å²) in [6.07, 6.45) is 3.13. The van der Waals surface area contributed by atoms with Gasteiger partial charge in [-0.15, -0.1) is 11.3 Å². The molecule has 2 rings (SSSR count). The lowest BCUT2D eigenvalue weighted by Gasteiger charge is -2.02. The topological polar surface area (TPSA) is 79.3 Å². The van der Waals surface area contributed by atoms with E-state index in [2.05, 4.69) is 10.3 Å². The molecule has 0 saturated heterocycles. The lowest BCUT2D eigenvalue weighted by atomic mass is 10.2. The fourth-order valence-electron chi connectivity index (χ4n) is 2.14. The fraction of sp³-hybridized carbons (Fsp3) is 0.353. The number of benzene rings is 1. The van der Waals surface area contributed by atoms with Crippen LogP contribution < -0.4 is 5.32 Å². The molecule has 2 aromatic rings. The highest BCUT2D eigenvalue weighted by Gasteiger charge is 2.10. The van der Waals surface area contributed by atoms with Crippen LogP contribution in [0.4, 0.5) is 0 Å². The Morgan fingerprint density at radius 2 is 1.91 bits per heavy atom. The van der Waals surface area contributed by atoms with Crippen molar-refractivity contribution in [1.29, 1.82) is 0 Å². The summed E-state index contributed by atoms with van der Waals surface area (Å²) in [6.45, 7) is 0.546. The van der Waals surface area contributed by atoms with Gasteiger partial charge >= 0.3 is 5.97 Å². The van der Waals surface area contributed by atoms with Gasteiger partial charge in [-0.25, -0.2) is 4.98 Å². The molecule has 0 aliphatic carbocycles. The van der Waals surface area contributed by atoms with Crippen LogP contribution in [0.15, 0.2) is 35.7 Å². The molecule has 1 aromatic carbocycles. The Balaban J connectivity index is 1.72. The maximum Gasteiger partial charge on any atom is 0.303 e. The third-order valence-electron chi connectivity index (χ3n) is 3.34. The molecule has 0 fully saturated rings. The third-order valence-corrected chi connectivity index (χ3v) is 4.18. The van der Waals surface area contributed by atoms with E-state index >= 15 is 0 Å². The van der Waals surface area contributed by atoms with Crippen LogP contribution in [0, 0.1) is 0 Å². The second-order valence-corrected chi connectivity index (χ2v) is 6.19. The number of amides is 1. The van der Waals surface area contributed by atoms with Crippen LogP contribution in [0.1, 0.15) is 46.7 Å². The summed E-state index contributed by atoms with van der Waals surface area (Å²) < 4.78 is 0. The summed E-state index contributed by atoms with van der Waals surface area (Å²) in [5, 5.41) is 14.1. The van der Waals surface area contributed by atoms with E-state index in [-0.39, 0.29) is 12.3 Å². The molecule has 0 aliphatic rings. The Kier molecular flexibility index (Phi) is 6.75. The summed E-state index contributed by atoms with van der Waals surface area (Å²) >= 11 is 1.49. The number of carboxylic acid groups (broad SMARTS) is 1. The SMILES string of the molecule is O=C(O)CCCCCNC(=O)c1csc(Cc2ccccc2)n1. The monoisotopic (exact) mass is 332 g/mol. The maximum absolute atomic E-state index is 12.0. The number of nitrogens with one attached hydrogen (secondary N) is 1. The van der Waals surface area contributed by atoms with Crippen molar-refractivity contribution in [3.8, 4) is 0 Å². The van der Waals surface area contributed by atoms with E-state index in [1.54, 1.807) is 5.38 Å². The van der Waals surface area contributed by atoms with E-state index in [0.29, 0.717) is 18.7 Å². The number of unbranched alkanes of at least 4 members (excludes halogenated alkanes) is 2. The van der Waals surface area contributed by atoms with Gasteiger partial charge in [0.25, 0.3) is 5.91 Å². The molecule has 1 aromatic heterocycles. The normalized spacial score (nSPS) is 10.4. The first-order chi connectivity index (χ1) is 11.1. The average molecular weight is 332 g/mol. The molecule has 0 saturated carbocycles. The molecule has 122 valence electrons. The van der Waals surface area contributed by atoms with Crippen LogP contribution in [0.2, 0.25) is 0 Å². The van der Waals surface area contributed by atoms with Crippen molar-refractivity contribution >= 4 is 23.2 Å². The third kappa shape index (κ3) is 6.20. The van der Waals surface area contributed by atoms with Crippen LogP contribution in [-0.2, 0) is 11.2 Å². The molecule has 6 heteroatoms. The minimum absolute atomic E-state index is 0.168. The van der Waals surface area contributed by atoms with Crippen molar-refractivity contribution in [2.45, 2.75) is 32.1 Å². The van der Waals surface area contributed by atoms with E-state index in [1.807, 2.05) is 30.3 Å². The fourth-order valence-corrected chi connectivity index (χ4v) is 2.95. The first kappa shape index (κ1) is 17.1. The molecule has 1 heterocycles. The highest BCUT2D eigenvalue weighted by atomic mass is 32.1. The van der Waals surface area contributed by atoms with Crippen LogP contribution in [0.3, 0.4) is 0 Å². The minimum Gasteiger partial charge on any atom is -0.481 e. The van der Waals surface area contributed by atoms with Crippen LogP contribution in [0.25, 0.3) is 0 Å². The Hall–Kier alpha value is -2.21. The molecule has 5 nitrogen and oxygen atoms in total. The summed E-state index contributed by atoms with van der Waals surface area (Å²) in [7, 11) is 0. The number of hydrogen-bond donors (Lipinski definition) is 2. The molecular formula is C17H20N2O3S. The number of carbonyl (C=O) groups is 2. The van der Waals surface area contributed by atoms with Crippen LogP contribution in [-0.4, -0.2) is 28.5 Å². The Morgan fingerprint density at radius 3 is 2.65 bits per heavy atom. The number of nitrogens with zero attached hydrogens (tertiary/aromatic N) is 1. The van der Waals surface area contributed by atoms with Crippen molar-refractivity contribution < 1.29 is 14.7 Å². The molecule has 0 unspecified atom stereocenters. The molecule has 23 heavy (non-hydrogen) atoms. The molecule has 0 spiro atoms.